The van der Waals surface area contributed by atoms with E-state index in [0.29, 0.717) is 22.1 Å². The van der Waals surface area contributed by atoms with Gasteiger partial charge in [-0.1, -0.05) is 11.6 Å². The molecule has 2 aromatic rings. The normalized spacial score (nSPS) is 11.0. The summed E-state index contributed by atoms with van der Waals surface area (Å²) < 4.78 is 36.9. The van der Waals surface area contributed by atoms with Crippen LogP contribution in [0, 0.1) is 6.92 Å². The van der Waals surface area contributed by atoms with Crippen molar-refractivity contribution >= 4 is 27.5 Å². The van der Waals surface area contributed by atoms with Crippen LogP contribution in [0.1, 0.15) is 15.9 Å². The maximum atomic E-state index is 12.3. The third kappa shape index (κ3) is 3.80. The number of rotatable bonds is 5. The zero-order valence-electron chi connectivity index (χ0n) is 13.3. The molecule has 0 atom stereocenters. The van der Waals surface area contributed by atoms with Gasteiger partial charge < -0.3 is 9.47 Å². The minimum atomic E-state index is -4.01. The highest BCUT2D eigenvalue weighted by Gasteiger charge is 2.20. The van der Waals surface area contributed by atoms with Crippen molar-refractivity contribution in [1.82, 2.24) is 4.72 Å². The van der Waals surface area contributed by atoms with Gasteiger partial charge in [0.1, 0.15) is 11.5 Å². The summed E-state index contributed by atoms with van der Waals surface area (Å²) in [5.41, 5.74) is 0.809. The average Bonchev–Trinajstić information content (AvgIpc) is 2.55. The van der Waals surface area contributed by atoms with E-state index in [9.17, 15) is 13.2 Å². The van der Waals surface area contributed by atoms with Crippen molar-refractivity contribution in [2.45, 2.75) is 11.8 Å². The van der Waals surface area contributed by atoms with Crippen molar-refractivity contribution in [2.24, 2.45) is 0 Å². The predicted molar refractivity (Wildman–Crippen MR) is 90.4 cm³/mol. The molecule has 0 aliphatic heterocycles. The van der Waals surface area contributed by atoms with Crippen LogP contribution in [-0.4, -0.2) is 28.5 Å². The highest BCUT2D eigenvalue weighted by molar-refractivity contribution is 7.90. The molecule has 0 spiro atoms. The molecule has 0 aliphatic carbocycles. The summed E-state index contributed by atoms with van der Waals surface area (Å²) in [5.74, 6) is 0.0494. The fourth-order valence-electron chi connectivity index (χ4n) is 2.07. The molecule has 0 fully saturated rings. The molecule has 24 heavy (non-hydrogen) atoms. The predicted octanol–water partition coefficient (Wildman–Crippen LogP) is 2.78. The molecule has 6 nitrogen and oxygen atoms in total. The molecule has 0 bridgehead atoms. The van der Waals surface area contributed by atoms with Crippen LogP contribution in [-0.2, 0) is 10.0 Å². The van der Waals surface area contributed by atoms with Crippen molar-refractivity contribution < 1.29 is 22.7 Å². The summed E-state index contributed by atoms with van der Waals surface area (Å²) in [6, 6.07) is 8.38. The van der Waals surface area contributed by atoms with Crippen molar-refractivity contribution in [1.29, 1.82) is 0 Å². The Balaban J connectivity index is 2.34. The minimum absolute atomic E-state index is 0.0636. The molecule has 1 amide bonds. The lowest BCUT2D eigenvalue weighted by molar-refractivity contribution is 0.0980. The molecule has 128 valence electrons. The van der Waals surface area contributed by atoms with Crippen LogP contribution in [0.3, 0.4) is 0 Å². The van der Waals surface area contributed by atoms with Gasteiger partial charge in [0.25, 0.3) is 15.9 Å². The first-order valence-electron chi connectivity index (χ1n) is 6.84. The van der Waals surface area contributed by atoms with Crippen LogP contribution >= 0.6 is 11.6 Å². The maximum Gasteiger partial charge on any atom is 0.265 e. The average molecular weight is 370 g/mol. The molecule has 1 N–H and O–H groups in total. The standard InChI is InChI=1S/C16H16ClNO5S/c1-10-14(22-2)8-11(9-15(10)23-3)16(19)18-24(20,21)13-6-4-12(17)5-7-13/h4-9H,1-3H3,(H,18,19). The number of amides is 1. The maximum absolute atomic E-state index is 12.3. The number of hydrogen-bond acceptors (Lipinski definition) is 5. The van der Waals surface area contributed by atoms with E-state index < -0.39 is 15.9 Å². The zero-order valence-corrected chi connectivity index (χ0v) is 14.9. The number of halogens is 1. The largest absolute Gasteiger partial charge is 0.496 e. The van der Waals surface area contributed by atoms with E-state index in [-0.39, 0.29) is 10.5 Å². The first-order valence-corrected chi connectivity index (χ1v) is 8.70. The fourth-order valence-corrected chi connectivity index (χ4v) is 3.17. The third-order valence-corrected chi connectivity index (χ3v) is 4.96. The Kier molecular flexibility index (Phi) is 5.36. The second-order valence-corrected chi connectivity index (χ2v) is 7.01. The van der Waals surface area contributed by atoms with Crippen LogP contribution in [0.4, 0.5) is 0 Å². The van der Waals surface area contributed by atoms with Gasteiger partial charge in [-0.05, 0) is 43.3 Å². The SMILES string of the molecule is COc1cc(C(=O)NS(=O)(=O)c2ccc(Cl)cc2)cc(OC)c1C. The minimum Gasteiger partial charge on any atom is -0.496 e. The van der Waals surface area contributed by atoms with Gasteiger partial charge in [-0.2, -0.15) is 0 Å². The number of carbonyl (C=O) groups is 1. The summed E-state index contributed by atoms with van der Waals surface area (Å²) >= 11 is 5.73. The van der Waals surface area contributed by atoms with Crippen LogP contribution in [0.5, 0.6) is 11.5 Å². The Hall–Kier alpha value is -2.25. The first kappa shape index (κ1) is 18.1. The molecular formula is C16H16ClNO5S. The van der Waals surface area contributed by atoms with Gasteiger partial charge in [-0.3, -0.25) is 4.79 Å². The van der Waals surface area contributed by atoms with E-state index in [2.05, 4.69) is 0 Å². The van der Waals surface area contributed by atoms with E-state index in [1.165, 1.54) is 50.6 Å². The molecule has 0 heterocycles. The quantitative estimate of drug-likeness (QED) is 0.876. The number of hydrogen-bond donors (Lipinski definition) is 1. The van der Waals surface area contributed by atoms with Crippen LogP contribution in [0.25, 0.3) is 0 Å². The van der Waals surface area contributed by atoms with E-state index in [4.69, 9.17) is 21.1 Å². The molecule has 2 aromatic carbocycles. The highest BCUT2D eigenvalue weighted by Crippen LogP contribution is 2.29. The number of nitrogens with one attached hydrogen (secondary N) is 1. The molecule has 0 saturated carbocycles. The second kappa shape index (κ2) is 7.11. The molecule has 2 rings (SSSR count). The van der Waals surface area contributed by atoms with Gasteiger partial charge in [0, 0.05) is 16.1 Å². The lowest BCUT2D eigenvalue weighted by atomic mass is 10.1. The topological polar surface area (TPSA) is 81.7 Å². The van der Waals surface area contributed by atoms with Crippen molar-refractivity contribution in [3.8, 4) is 11.5 Å². The Morgan fingerprint density at radius 3 is 2.00 bits per heavy atom. The van der Waals surface area contributed by atoms with Crippen molar-refractivity contribution in [3.05, 3.63) is 52.5 Å². The second-order valence-electron chi connectivity index (χ2n) is 4.89. The third-order valence-electron chi connectivity index (χ3n) is 3.37. The lowest BCUT2D eigenvalue weighted by Crippen LogP contribution is -2.30. The Morgan fingerprint density at radius 2 is 1.54 bits per heavy atom. The Bertz CT molecular complexity index is 838. The first-order chi connectivity index (χ1) is 11.3. The van der Waals surface area contributed by atoms with Gasteiger partial charge in [-0.25, -0.2) is 13.1 Å². The van der Waals surface area contributed by atoms with E-state index >= 15 is 0 Å². The van der Waals surface area contributed by atoms with Gasteiger partial charge >= 0.3 is 0 Å². The molecule has 0 aromatic heterocycles. The fraction of sp³-hybridized carbons (Fsp3) is 0.188. The zero-order chi connectivity index (χ0) is 17.9. The molecular weight excluding hydrogens is 354 g/mol. The van der Waals surface area contributed by atoms with E-state index in [1.807, 2.05) is 4.72 Å². The number of carbonyl (C=O) groups excluding carboxylic acids is 1. The number of methoxy groups -OCH3 is 2. The monoisotopic (exact) mass is 369 g/mol. The van der Waals surface area contributed by atoms with E-state index in [1.54, 1.807) is 6.92 Å². The van der Waals surface area contributed by atoms with Gasteiger partial charge in [0.15, 0.2) is 0 Å². The number of benzene rings is 2. The molecule has 0 saturated heterocycles. The summed E-state index contributed by atoms with van der Waals surface area (Å²) in [7, 11) is -1.11. The summed E-state index contributed by atoms with van der Waals surface area (Å²) in [6.07, 6.45) is 0. The van der Waals surface area contributed by atoms with Crippen molar-refractivity contribution in [3.63, 3.8) is 0 Å². The van der Waals surface area contributed by atoms with Crippen LogP contribution in [0.15, 0.2) is 41.3 Å². The summed E-state index contributed by atoms with van der Waals surface area (Å²) in [5, 5.41) is 0.397. The lowest BCUT2D eigenvalue weighted by Gasteiger charge is -2.13. The highest BCUT2D eigenvalue weighted by atomic mass is 35.5. The molecule has 0 radical (unpaired) electrons. The number of sulfonamides is 1. The van der Waals surface area contributed by atoms with Gasteiger partial charge in [0.2, 0.25) is 0 Å². The molecule has 8 heteroatoms. The smallest absolute Gasteiger partial charge is 0.265 e. The number of ether oxygens (including phenoxy) is 2. The van der Waals surface area contributed by atoms with Crippen LogP contribution in [0.2, 0.25) is 5.02 Å². The summed E-state index contributed by atoms with van der Waals surface area (Å²) in [4.78, 5) is 12.3. The van der Waals surface area contributed by atoms with Crippen molar-refractivity contribution in [2.75, 3.05) is 14.2 Å². The van der Waals surface area contributed by atoms with Gasteiger partial charge in [0.05, 0.1) is 19.1 Å². The Morgan fingerprint density at radius 1 is 1.04 bits per heavy atom. The van der Waals surface area contributed by atoms with Gasteiger partial charge in [-0.15, -0.1) is 0 Å². The molecule has 0 unspecified atom stereocenters. The summed E-state index contributed by atoms with van der Waals surface area (Å²) in [6.45, 7) is 1.77. The van der Waals surface area contributed by atoms with E-state index in [0.717, 1.165) is 0 Å². The Labute approximate surface area is 145 Å². The van der Waals surface area contributed by atoms with Crippen LogP contribution < -0.4 is 14.2 Å². The molecule has 0 aliphatic rings.